The molecule has 0 aromatic carbocycles. The van der Waals surface area contributed by atoms with Crippen LogP contribution in [0.1, 0.15) is 19.3 Å². The van der Waals surface area contributed by atoms with Gasteiger partial charge in [-0.2, -0.15) is 0 Å². The first-order valence-corrected chi connectivity index (χ1v) is 5.16. The first-order valence-electron chi connectivity index (χ1n) is 4.62. The number of hydrogen-bond acceptors (Lipinski definition) is 3. The van der Waals surface area contributed by atoms with E-state index in [9.17, 15) is 4.79 Å². The zero-order valence-corrected chi connectivity index (χ0v) is 9.47. The van der Waals surface area contributed by atoms with Crippen molar-refractivity contribution in [1.29, 1.82) is 0 Å². The van der Waals surface area contributed by atoms with Gasteiger partial charge in [0.2, 0.25) is 5.91 Å². The van der Waals surface area contributed by atoms with Crippen LogP contribution in [0, 0.1) is 0 Å². The lowest BCUT2D eigenvalue weighted by Crippen LogP contribution is -2.33. The molecule has 0 radical (unpaired) electrons. The molecule has 0 aromatic rings. The van der Waals surface area contributed by atoms with Crippen LogP contribution in [-0.2, 0) is 14.3 Å². The van der Waals surface area contributed by atoms with E-state index >= 15 is 0 Å². The quantitative estimate of drug-likeness (QED) is 0.381. The number of nitrogens with one attached hydrogen (secondary N) is 1. The zero-order valence-electron chi connectivity index (χ0n) is 8.72. The maximum absolute atomic E-state index is 11.2. The molecular weight excluding hydrogens is 206 g/mol. The maximum atomic E-state index is 11.2. The highest BCUT2D eigenvalue weighted by molar-refractivity contribution is 6.17. The molecule has 0 saturated carbocycles. The third-order valence-electron chi connectivity index (χ3n) is 1.78. The van der Waals surface area contributed by atoms with Crippen LogP contribution in [0.15, 0.2) is 0 Å². The van der Waals surface area contributed by atoms with E-state index in [1.165, 1.54) is 14.2 Å². The minimum atomic E-state index is -0.369. The molecule has 4 nitrogen and oxygen atoms in total. The lowest BCUT2D eigenvalue weighted by molar-refractivity contribution is -0.127. The van der Waals surface area contributed by atoms with Gasteiger partial charge < -0.3 is 14.8 Å². The fraction of sp³-hybridized carbons (Fsp3) is 0.889. The molecule has 0 aliphatic heterocycles. The fourth-order valence-electron chi connectivity index (χ4n) is 0.928. The van der Waals surface area contributed by atoms with Crippen molar-refractivity contribution in [2.24, 2.45) is 0 Å². The molecule has 0 aliphatic rings. The summed E-state index contributed by atoms with van der Waals surface area (Å²) in [5, 5.41) is 2.71. The summed E-state index contributed by atoms with van der Waals surface area (Å²) in [6.07, 6.45) is 1.83. The molecule has 0 unspecified atom stereocenters. The number of rotatable bonds is 8. The van der Waals surface area contributed by atoms with E-state index in [1.807, 2.05) is 0 Å². The van der Waals surface area contributed by atoms with E-state index in [0.717, 1.165) is 12.8 Å². The number of hydrogen-bond donors (Lipinski definition) is 1. The summed E-state index contributed by atoms with van der Waals surface area (Å²) >= 11 is 5.49. The molecule has 0 aromatic heterocycles. The van der Waals surface area contributed by atoms with Crippen LogP contribution in [0.2, 0.25) is 0 Å². The van der Waals surface area contributed by atoms with Crippen LogP contribution in [-0.4, -0.2) is 38.8 Å². The summed E-state index contributed by atoms with van der Waals surface area (Å²) in [6.45, 7) is 0.382. The van der Waals surface area contributed by atoms with Crippen molar-refractivity contribution in [3.05, 3.63) is 0 Å². The Morgan fingerprint density at radius 2 is 2.00 bits per heavy atom. The fourth-order valence-corrected chi connectivity index (χ4v) is 1.12. The Kier molecular flexibility index (Phi) is 9.03. The number of carbonyl (C=O) groups is 1. The Balaban J connectivity index is 3.42. The molecule has 84 valence electrons. The van der Waals surface area contributed by atoms with E-state index in [4.69, 9.17) is 21.1 Å². The summed E-state index contributed by atoms with van der Waals surface area (Å²) in [6, 6.07) is 0. The van der Waals surface area contributed by atoms with Gasteiger partial charge in [0.05, 0.1) is 6.54 Å². The standard InChI is InChI=1S/C9H18ClNO3/c1-13-9(14-2)7-11-8(12)5-3-4-6-10/h9H,3-7H2,1-2H3,(H,11,12). The molecule has 0 aliphatic carbocycles. The van der Waals surface area contributed by atoms with Crippen molar-refractivity contribution in [3.63, 3.8) is 0 Å². The average Bonchev–Trinajstić information content (AvgIpc) is 2.20. The van der Waals surface area contributed by atoms with Crippen molar-refractivity contribution in [2.45, 2.75) is 25.6 Å². The minimum Gasteiger partial charge on any atom is -0.354 e. The third-order valence-corrected chi connectivity index (χ3v) is 2.05. The number of unbranched alkanes of at least 4 members (excludes halogenated alkanes) is 1. The van der Waals surface area contributed by atoms with Gasteiger partial charge in [-0.1, -0.05) is 0 Å². The second-order valence-electron chi connectivity index (χ2n) is 2.85. The molecule has 1 N–H and O–H groups in total. The van der Waals surface area contributed by atoms with E-state index in [-0.39, 0.29) is 12.2 Å². The monoisotopic (exact) mass is 223 g/mol. The van der Waals surface area contributed by atoms with E-state index in [0.29, 0.717) is 18.8 Å². The number of alkyl halides is 1. The number of carbonyl (C=O) groups excluding carboxylic acids is 1. The summed E-state index contributed by atoms with van der Waals surface area (Å²) in [5.41, 5.74) is 0. The predicted octanol–water partition coefficient (Wildman–Crippen LogP) is 1.13. The number of halogens is 1. The highest BCUT2D eigenvalue weighted by Crippen LogP contribution is 1.97. The normalized spacial score (nSPS) is 10.6. The number of amides is 1. The van der Waals surface area contributed by atoms with E-state index in [2.05, 4.69) is 5.32 Å². The van der Waals surface area contributed by atoms with Gasteiger partial charge in [-0.25, -0.2) is 0 Å². The SMILES string of the molecule is COC(CNC(=O)CCCCCl)OC. The van der Waals surface area contributed by atoms with Crippen LogP contribution < -0.4 is 5.32 Å². The van der Waals surface area contributed by atoms with Crippen molar-refractivity contribution in [2.75, 3.05) is 26.6 Å². The number of ether oxygens (including phenoxy) is 2. The summed E-state index contributed by atoms with van der Waals surface area (Å²) in [5.74, 6) is 0.612. The van der Waals surface area contributed by atoms with Gasteiger partial charge in [0.25, 0.3) is 0 Å². The molecule has 5 heteroatoms. The van der Waals surface area contributed by atoms with Gasteiger partial charge >= 0.3 is 0 Å². The van der Waals surface area contributed by atoms with Crippen molar-refractivity contribution < 1.29 is 14.3 Å². The summed E-state index contributed by atoms with van der Waals surface area (Å²) in [7, 11) is 3.07. The van der Waals surface area contributed by atoms with Crippen LogP contribution in [0.4, 0.5) is 0 Å². The van der Waals surface area contributed by atoms with Crippen LogP contribution in [0.3, 0.4) is 0 Å². The highest BCUT2D eigenvalue weighted by atomic mass is 35.5. The second-order valence-corrected chi connectivity index (χ2v) is 3.23. The van der Waals surface area contributed by atoms with Gasteiger partial charge in [0.1, 0.15) is 0 Å². The smallest absolute Gasteiger partial charge is 0.220 e. The molecule has 1 amide bonds. The van der Waals surface area contributed by atoms with Crippen LogP contribution in [0.5, 0.6) is 0 Å². The Hall–Kier alpha value is -0.320. The van der Waals surface area contributed by atoms with Gasteiger partial charge in [0, 0.05) is 26.5 Å². The molecule has 0 bridgehead atoms. The van der Waals surface area contributed by atoms with Gasteiger partial charge in [-0.15, -0.1) is 11.6 Å². The lowest BCUT2D eigenvalue weighted by Gasteiger charge is -2.13. The molecule has 0 spiro atoms. The lowest BCUT2D eigenvalue weighted by atomic mass is 10.2. The molecule has 0 saturated heterocycles. The third kappa shape index (κ3) is 7.12. The molecule has 0 rings (SSSR count). The van der Waals surface area contributed by atoms with Crippen LogP contribution in [0.25, 0.3) is 0 Å². The molecule has 0 fully saturated rings. The Bertz CT molecular complexity index is 151. The Morgan fingerprint density at radius 3 is 2.50 bits per heavy atom. The highest BCUT2D eigenvalue weighted by Gasteiger charge is 2.06. The first-order chi connectivity index (χ1) is 6.74. The topological polar surface area (TPSA) is 47.6 Å². The summed E-state index contributed by atoms with van der Waals surface area (Å²) < 4.78 is 9.83. The van der Waals surface area contributed by atoms with Crippen molar-refractivity contribution >= 4 is 17.5 Å². The van der Waals surface area contributed by atoms with Gasteiger partial charge in [-0.3, -0.25) is 4.79 Å². The van der Waals surface area contributed by atoms with Gasteiger partial charge in [0.15, 0.2) is 6.29 Å². The predicted molar refractivity (Wildman–Crippen MR) is 55.4 cm³/mol. The van der Waals surface area contributed by atoms with E-state index in [1.54, 1.807) is 0 Å². The minimum absolute atomic E-state index is 0.00853. The van der Waals surface area contributed by atoms with Gasteiger partial charge in [-0.05, 0) is 12.8 Å². The van der Waals surface area contributed by atoms with Crippen molar-refractivity contribution in [1.82, 2.24) is 5.32 Å². The van der Waals surface area contributed by atoms with Crippen LogP contribution >= 0.6 is 11.6 Å². The average molecular weight is 224 g/mol. The molecule has 14 heavy (non-hydrogen) atoms. The number of methoxy groups -OCH3 is 2. The first kappa shape index (κ1) is 13.7. The molecule has 0 heterocycles. The van der Waals surface area contributed by atoms with Crippen molar-refractivity contribution in [3.8, 4) is 0 Å². The zero-order chi connectivity index (χ0) is 10.8. The molecule has 0 atom stereocenters. The Morgan fingerprint density at radius 1 is 1.36 bits per heavy atom. The molecular formula is C9H18ClNO3. The van der Waals surface area contributed by atoms with E-state index < -0.39 is 0 Å². The maximum Gasteiger partial charge on any atom is 0.220 e. The second kappa shape index (κ2) is 9.24. The summed E-state index contributed by atoms with van der Waals surface area (Å²) in [4.78, 5) is 11.2. The Labute approximate surface area is 89.9 Å². The largest absolute Gasteiger partial charge is 0.354 e.